The Balaban J connectivity index is 1.34. The first kappa shape index (κ1) is 26.1. The first-order valence-corrected chi connectivity index (χ1v) is 16.1. The van der Waals surface area contributed by atoms with Crippen molar-refractivity contribution in [3.8, 4) is 16.8 Å². The summed E-state index contributed by atoms with van der Waals surface area (Å²) in [7, 11) is 2.14. The third-order valence-electron chi connectivity index (χ3n) is 9.95. The molecule has 3 heterocycles. The molecule has 3 aromatic heterocycles. The molecule has 0 N–H and O–H groups in total. The van der Waals surface area contributed by atoms with Crippen molar-refractivity contribution in [1.82, 2.24) is 18.7 Å². The summed E-state index contributed by atoms with van der Waals surface area (Å²) in [5.74, 6) is 0. The molecule has 0 amide bonds. The van der Waals surface area contributed by atoms with E-state index in [1.807, 2.05) is 0 Å². The summed E-state index contributed by atoms with van der Waals surface area (Å²) in [5, 5.41) is 8.66. The van der Waals surface area contributed by atoms with Gasteiger partial charge in [0.05, 0.1) is 33.1 Å². The Morgan fingerprint density at radius 1 is 0.489 bits per heavy atom. The van der Waals surface area contributed by atoms with Crippen LogP contribution in [0.15, 0.2) is 146 Å². The van der Waals surface area contributed by atoms with E-state index in [9.17, 15) is 0 Å². The molecular formula is C43H30N4. The van der Waals surface area contributed by atoms with Crippen molar-refractivity contribution in [2.75, 3.05) is 0 Å². The number of fused-ring (bicyclic) bond motifs is 9. The van der Waals surface area contributed by atoms with Gasteiger partial charge in [0.2, 0.25) is 0 Å². The maximum atomic E-state index is 5.20. The molecule has 0 saturated carbocycles. The Bertz CT molecular complexity index is 2920. The number of aryl methyl sites for hydroxylation is 2. The van der Waals surface area contributed by atoms with Gasteiger partial charge < -0.3 is 4.57 Å². The van der Waals surface area contributed by atoms with Crippen LogP contribution < -0.4 is 0 Å². The highest BCUT2D eigenvalue weighted by atomic mass is 15.3. The maximum Gasteiger partial charge on any atom is 0.0885 e. The topological polar surface area (TPSA) is 27.2 Å². The highest BCUT2D eigenvalue weighted by Gasteiger charge is 2.19. The molecule has 4 nitrogen and oxygen atoms in total. The fourth-order valence-electron chi connectivity index (χ4n) is 7.83. The lowest BCUT2D eigenvalue weighted by Crippen LogP contribution is -2.05. The molecule has 0 saturated heterocycles. The Kier molecular flexibility index (Phi) is 5.38. The van der Waals surface area contributed by atoms with Crippen LogP contribution in [-0.2, 0) is 7.05 Å². The van der Waals surface area contributed by atoms with Gasteiger partial charge >= 0.3 is 0 Å². The van der Waals surface area contributed by atoms with E-state index in [1.54, 1.807) is 0 Å². The van der Waals surface area contributed by atoms with Crippen LogP contribution in [-0.4, -0.2) is 18.7 Å². The van der Waals surface area contributed by atoms with Crippen LogP contribution in [0, 0.1) is 6.92 Å². The van der Waals surface area contributed by atoms with Crippen molar-refractivity contribution in [1.29, 1.82) is 0 Å². The SMILES string of the molecule is Cc1nc2ccccc2n(C)n2c3ccccc3c3cc(-c4ccc5c(c4)c4c6ccccc6ccc4n5-c4ccccc4)cc1c32. The number of hydrogen-bond acceptors (Lipinski definition) is 1. The van der Waals surface area contributed by atoms with Crippen LogP contribution in [0.5, 0.6) is 0 Å². The van der Waals surface area contributed by atoms with Gasteiger partial charge in [-0.25, -0.2) is 0 Å². The fourth-order valence-corrected chi connectivity index (χ4v) is 7.83. The van der Waals surface area contributed by atoms with Crippen LogP contribution in [0.3, 0.4) is 0 Å². The zero-order valence-corrected chi connectivity index (χ0v) is 26.1. The third-order valence-corrected chi connectivity index (χ3v) is 9.95. The molecule has 7 aromatic carbocycles. The lowest BCUT2D eigenvalue weighted by atomic mass is 9.97. The summed E-state index contributed by atoms with van der Waals surface area (Å²) < 4.78 is 7.01. The third kappa shape index (κ3) is 3.67. The Hall–Kier alpha value is -6.13. The van der Waals surface area contributed by atoms with Crippen molar-refractivity contribution >= 4 is 70.8 Å². The van der Waals surface area contributed by atoms with E-state index >= 15 is 0 Å². The van der Waals surface area contributed by atoms with Gasteiger partial charge in [0, 0.05) is 45.4 Å². The monoisotopic (exact) mass is 602 g/mol. The van der Waals surface area contributed by atoms with Crippen molar-refractivity contribution in [2.45, 2.75) is 6.92 Å². The largest absolute Gasteiger partial charge is 0.309 e. The van der Waals surface area contributed by atoms with Crippen molar-refractivity contribution in [3.63, 3.8) is 0 Å². The quantitative estimate of drug-likeness (QED) is 0.193. The molecule has 0 unspecified atom stereocenters. The maximum absolute atomic E-state index is 5.20. The molecule has 10 rings (SSSR count). The van der Waals surface area contributed by atoms with E-state index in [0.29, 0.717) is 0 Å². The van der Waals surface area contributed by atoms with Gasteiger partial charge in [-0.3, -0.25) is 14.2 Å². The second-order valence-corrected chi connectivity index (χ2v) is 12.5. The molecule has 0 aliphatic carbocycles. The van der Waals surface area contributed by atoms with E-state index in [-0.39, 0.29) is 0 Å². The molecule has 4 heteroatoms. The summed E-state index contributed by atoms with van der Waals surface area (Å²) in [6.07, 6.45) is 0. The van der Waals surface area contributed by atoms with E-state index in [0.717, 1.165) is 27.8 Å². The summed E-state index contributed by atoms with van der Waals surface area (Å²) >= 11 is 0. The van der Waals surface area contributed by atoms with Gasteiger partial charge in [-0.15, -0.1) is 0 Å². The minimum absolute atomic E-state index is 0.969. The van der Waals surface area contributed by atoms with Crippen molar-refractivity contribution < 1.29 is 0 Å². The van der Waals surface area contributed by atoms with Crippen molar-refractivity contribution in [3.05, 3.63) is 151 Å². The van der Waals surface area contributed by atoms with Gasteiger partial charge in [-0.05, 0) is 89.5 Å². The number of nitrogens with zero attached hydrogens (tertiary/aromatic N) is 4. The predicted molar refractivity (Wildman–Crippen MR) is 198 cm³/mol. The lowest BCUT2D eigenvalue weighted by Gasteiger charge is -2.13. The van der Waals surface area contributed by atoms with Crippen LogP contribution in [0.4, 0.5) is 0 Å². The molecule has 47 heavy (non-hydrogen) atoms. The minimum atomic E-state index is 0.969. The first-order valence-electron chi connectivity index (χ1n) is 16.1. The van der Waals surface area contributed by atoms with E-state index in [4.69, 9.17) is 4.98 Å². The molecule has 0 aliphatic rings. The second kappa shape index (κ2) is 9.68. The average molecular weight is 603 g/mol. The molecule has 10 aromatic rings. The predicted octanol–water partition coefficient (Wildman–Crippen LogP) is 10.9. The highest BCUT2D eigenvalue weighted by Crippen LogP contribution is 2.41. The molecule has 0 bridgehead atoms. The highest BCUT2D eigenvalue weighted by molar-refractivity contribution is 6.22. The van der Waals surface area contributed by atoms with Gasteiger partial charge in [-0.1, -0.05) is 84.9 Å². The standard InChI is InChI=1S/C43H30N4/c1-27-34-25-30(26-35-33-16-8-10-18-39(33)47(43(34)35)45(2)40-19-11-9-17-37(40)44-27)29-21-22-38-36(24-29)42-32-15-7-6-12-28(32)20-23-41(42)46(38)31-13-4-3-5-14-31/h3-26H,1-2H3. The lowest BCUT2D eigenvalue weighted by molar-refractivity contribution is 0.744. The average Bonchev–Trinajstić information content (AvgIpc) is 3.64. The first-order chi connectivity index (χ1) is 23.2. The smallest absolute Gasteiger partial charge is 0.0885 e. The van der Waals surface area contributed by atoms with Gasteiger partial charge in [-0.2, -0.15) is 0 Å². The molecule has 0 spiro atoms. The summed E-state index contributed by atoms with van der Waals surface area (Å²) in [4.78, 5) is 5.20. The zero-order valence-electron chi connectivity index (χ0n) is 26.1. The van der Waals surface area contributed by atoms with E-state index in [1.165, 1.54) is 65.5 Å². The van der Waals surface area contributed by atoms with E-state index < -0.39 is 0 Å². The number of para-hydroxylation sites is 4. The molecule has 0 radical (unpaired) electrons. The Morgan fingerprint density at radius 2 is 1.17 bits per heavy atom. The fraction of sp³-hybridized carbons (Fsp3) is 0.0465. The summed E-state index contributed by atoms with van der Waals surface area (Å²) in [6, 6.07) is 52.8. The summed E-state index contributed by atoms with van der Waals surface area (Å²) in [5.41, 5.74) is 11.4. The normalized spacial score (nSPS) is 12.0. The Labute approximate surface area is 271 Å². The molecule has 0 atom stereocenters. The number of aromatic nitrogens is 4. The summed E-state index contributed by atoms with van der Waals surface area (Å²) in [6.45, 7) is 2.14. The Morgan fingerprint density at radius 3 is 2.04 bits per heavy atom. The van der Waals surface area contributed by atoms with Crippen LogP contribution in [0.1, 0.15) is 5.69 Å². The number of benzene rings is 7. The number of hydrogen-bond donors (Lipinski definition) is 0. The molecular weight excluding hydrogens is 573 g/mol. The van der Waals surface area contributed by atoms with Gasteiger partial charge in [0.15, 0.2) is 0 Å². The van der Waals surface area contributed by atoms with Crippen molar-refractivity contribution in [2.24, 2.45) is 7.05 Å². The zero-order chi connectivity index (χ0) is 31.2. The molecule has 222 valence electrons. The van der Waals surface area contributed by atoms with Gasteiger partial charge in [0.25, 0.3) is 0 Å². The molecule has 0 fully saturated rings. The second-order valence-electron chi connectivity index (χ2n) is 12.5. The van der Waals surface area contributed by atoms with Crippen LogP contribution in [0.2, 0.25) is 0 Å². The number of rotatable bonds is 2. The van der Waals surface area contributed by atoms with Crippen LogP contribution in [0.25, 0.3) is 87.6 Å². The van der Waals surface area contributed by atoms with Crippen LogP contribution >= 0.6 is 0 Å². The molecule has 0 aliphatic heterocycles. The minimum Gasteiger partial charge on any atom is -0.309 e. The van der Waals surface area contributed by atoms with E-state index in [2.05, 4.69) is 173 Å². The van der Waals surface area contributed by atoms with Gasteiger partial charge in [0.1, 0.15) is 0 Å².